The number of para-hydroxylation sites is 6. The topological polar surface area (TPSA) is 79.7 Å². The first-order chi connectivity index (χ1) is 14.2. The van der Waals surface area contributed by atoms with Crippen LogP contribution in [0.4, 0.5) is 11.4 Å². The van der Waals surface area contributed by atoms with Crippen molar-refractivity contribution in [3.05, 3.63) is 97.1 Å². The molecule has 4 aromatic carbocycles. The summed E-state index contributed by atoms with van der Waals surface area (Å²) in [5, 5.41) is 0. The Balaban J connectivity index is 1.56. The molecule has 5 heteroatoms. The highest BCUT2D eigenvalue weighted by atomic mass is 16.5. The molecule has 0 fully saturated rings. The van der Waals surface area contributed by atoms with Gasteiger partial charge in [0.1, 0.15) is 17.2 Å². The average Bonchev–Trinajstić information content (AvgIpc) is 2.73. The van der Waals surface area contributed by atoms with E-state index in [1.54, 1.807) is 18.2 Å². The zero-order valence-electron chi connectivity index (χ0n) is 15.6. The number of hydrogen-bond donors (Lipinski definition) is 2. The Labute approximate surface area is 169 Å². The van der Waals surface area contributed by atoms with Crippen LogP contribution in [0.3, 0.4) is 0 Å². The summed E-state index contributed by atoms with van der Waals surface area (Å²) in [4.78, 5) is 0. The van der Waals surface area contributed by atoms with Crippen molar-refractivity contribution in [3.63, 3.8) is 0 Å². The lowest BCUT2D eigenvalue weighted by atomic mass is 10.2. The molecule has 0 bridgehead atoms. The van der Waals surface area contributed by atoms with Gasteiger partial charge >= 0.3 is 0 Å². The van der Waals surface area contributed by atoms with E-state index in [1.807, 2.05) is 78.9 Å². The molecule has 0 heterocycles. The van der Waals surface area contributed by atoms with Crippen molar-refractivity contribution in [1.82, 2.24) is 0 Å². The van der Waals surface area contributed by atoms with Crippen molar-refractivity contribution in [2.75, 3.05) is 11.5 Å². The van der Waals surface area contributed by atoms with Gasteiger partial charge in [-0.1, -0.05) is 42.5 Å². The zero-order valence-corrected chi connectivity index (χ0v) is 15.6. The van der Waals surface area contributed by atoms with Crippen molar-refractivity contribution in [1.29, 1.82) is 0 Å². The van der Waals surface area contributed by atoms with Gasteiger partial charge in [0.15, 0.2) is 17.2 Å². The van der Waals surface area contributed by atoms with Crippen LogP contribution in [0.1, 0.15) is 0 Å². The van der Waals surface area contributed by atoms with Gasteiger partial charge in [-0.15, -0.1) is 0 Å². The van der Waals surface area contributed by atoms with Crippen LogP contribution in [0.25, 0.3) is 0 Å². The van der Waals surface area contributed by atoms with E-state index in [-0.39, 0.29) is 0 Å². The van der Waals surface area contributed by atoms with Crippen LogP contribution >= 0.6 is 0 Å². The van der Waals surface area contributed by atoms with Gasteiger partial charge < -0.3 is 25.7 Å². The predicted octanol–water partition coefficient (Wildman–Crippen LogP) is 6.23. The Hall–Kier alpha value is -4.12. The Bertz CT molecular complexity index is 1130. The summed E-state index contributed by atoms with van der Waals surface area (Å²) in [6, 6.07) is 29.4. The lowest BCUT2D eigenvalue weighted by Gasteiger charge is -2.14. The van der Waals surface area contributed by atoms with Crippen LogP contribution < -0.4 is 25.7 Å². The van der Waals surface area contributed by atoms with E-state index in [1.165, 1.54) is 0 Å². The molecule has 0 aliphatic heterocycles. The molecule has 4 aromatic rings. The van der Waals surface area contributed by atoms with Crippen molar-refractivity contribution in [2.45, 2.75) is 0 Å². The highest BCUT2D eigenvalue weighted by Crippen LogP contribution is 2.37. The third-order valence-electron chi connectivity index (χ3n) is 4.17. The van der Waals surface area contributed by atoms with Crippen LogP contribution in [0.15, 0.2) is 97.1 Å². The van der Waals surface area contributed by atoms with Crippen LogP contribution in [0, 0.1) is 0 Å². The number of anilines is 2. The predicted molar refractivity (Wildman–Crippen MR) is 115 cm³/mol. The second-order valence-corrected chi connectivity index (χ2v) is 6.30. The summed E-state index contributed by atoms with van der Waals surface area (Å²) in [6.45, 7) is 0. The van der Waals surface area contributed by atoms with Gasteiger partial charge in [0, 0.05) is 6.07 Å². The molecule has 0 spiro atoms. The number of benzene rings is 4. The third-order valence-corrected chi connectivity index (χ3v) is 4.17. The van der Waals surface area contributed by atoms with Gasteiger partial charge in [-0.3, -0.25) is 0 Å². The summed E-state index contributed by atoms with van der Waals surface area (Å²) >= 11 is 0. The first-order valence-electron chi connectivity index (χ1n) is 9.11. The quantitative estimate of drug-likeness (QED) is 0.385. The molecule has 0 aliphatic rings. The fourth-order valence-corrected chi connectivity index (χ4v) is 2.74. The van der Waals surface area contributed by atoms with E-state index < -0.39 is 0 Å². The largest absolute Gasteiger partial charge is 0.455 e. The molecule has 4 rings (SSSR count). The van der Waals surface area contributed by atoms with Gasteiger partial charge in [-0.25, -0.2) is 0 Å². The van der Waals surface area contributed by atoms with Gasteiger partial charge in [-0.2, -0.15) is 0 Å². The monoisotopic (exact) mass is 384 g/mol. The zero-order chi connectivity index (χ0) is 20.1. The molecule has 4 N–H and O–H groups in total. The molecule has 0 aliphatic carbocycles. The van der Waals surface area contributed by atoms with Crippen molar-refractivity contribution < 1.29 is 14.2 Å². The Kier molecular flexibility index (Phi) is 5.21. The highest BCUT2D eigenvalue weighted by Gasteiger charge is 2.10. The second kappa shape index (κ2) is 8.27. The Morgan fingerprint density at radius 3 is 1.38 bits per heavy atom. The number of hydrogen-bond acceptors (Lipinski definition) is 5. The van der Waals surface area contributed by atoms with Crippen LogP contribution in [-0.4, -0.2) is 0 Å². The first-order valence-corrected chi connectivity index (χ1v) is 9.11. The molecule has 0 saturated heterocycles. The normalized spacial score (nSPS) is 10.3. The SMILES string of the molecule is Nc1ccccc1Oc1cccc(Oc2ccccc2Oc2ccccc2N)c1. The molecule has 0 unspecified atom stereocenters. The minimum Gasteiger partial charge on any atom is -0.455 e. The van der Waals surface area contributed by atoms with E-state index in [2.05, 4.69) is 0 Å². The van der Waals surface area contributed by atoms with Crippen molar-refractivity contribution in [3.8, 4) is 34.5 Å². The number of nitrogens with two attached hydrogens (primary N) is 2. The number of rotatable bonds is 6. The number of ether oxygens (including phenoxy) is 3. The third kappa shape index (κ3) is 4.42. The summed E-state index contributed by atoms with van der Waals surface area (Å²) in [5.41, 5.74) is 13.1. The molecule has 29 heavy (non-hydrogen) atoms. The van der Waals surface area contributed by atoms with Gasteiger partial charge in [0.2, 0.25) is 0 Å². The maximum absolute atomic E-state index is 6.05. The Morgan fingerprint density at radius 2 is 0.828 bits per heavy atom. The molecular formula is C24H20N2O3. The molecule has 0 radical (unpaired) electrons. The molecule has 144 valence electrons. The van der Waals surface area contributed by atoms with E-state index in [4.69, 9.17) is 25.7 Å². The highest BCUT2D eigenvalue weighted by molar-refractivity contribution is 5.56. The fourth-order valence-electron chi connectivity index (χ4n) is 2.74. The van der Waals surface area contributed by atoms with Gasteiger partial charge in [0.25, 0.3) is 0 Å². The summed E-state index contributed by atoms with van der Waals surface area (Å²) in [7, 11) is 0. The maximum atomic E-state index is 6.05. The molecule has 5 nitrogen and oxygen atoms in total. The lowest BCUT2D eigenvalue weighted by molar-refractivity contribution is 0.416. The Morgan fingerprint density at radius 1 is 0.414 bits per heavy atom. The minimum atomic E-state index is 0.554. The fraction of sp³-hybridized carbons (Fsp3) is 0. The van der Waals surface area contributed by atoms with Crippen molar-refractivity contribution in [2.24, 2.45) is 0 Å². The van der Waals surface area contributed by atoms with Crippen LogP contribution in [-0.2, 0) is 0 Å². The molecule has 0 amide bonds. The first kappa shape index (κ1) is 18.3. The molecular weight excluding hydrogens is 364 g/mol. The van der Waals surface area contributed by atoms with Gasteiger partial charge in [-0.05, 0) is 48.5 Å². The standard InChI is InChI=1S/C24H20N2O3/c25-19-10-1-3-12-21(19)27-17-8-7-9-18(16-17)28-23-14-5-6-15-24(23)29-22-13-4-2-11-20(22)26/h1-16H,25-26H2. The van der Waals surface area contributed by atoms with Crippen LogP contribution in [0.2, 0.25) is 0 Å². The molecule has 0 saturated carbocycles. The average molecular weight is 384 g/mol. The maximum Gasteiger partial charge on any atom is 0.170 e. The molecule has 0 atom stereocenters. The van der Waals surface area contributed by atoms with E-state index in [0.29, 0.717) is 45.9 Å². The summed E-state index contributed by atoms with van der Waals surface area (Å²) in [6.07, 6.45) is 0. The summed E-state index contributed by atoms with van der Waals surface area (Å²) < 4.78 is 17.9. The van der Waals surface area contributed by atoms with Crippen LogP contribution in [0.5, 0.6) is 34.5 Å². The van der Waals surface area contributed by atoms with E-state index >= 15 is 0 Å². The van der Waals surface area contributed by atoms with Gasteiger partial charge in [0.05, 0.1) is 11.4 Å². The smallest absolute Gasteiger partial charge is 0.170 e. The molecule has 0 aromatic heterocycles. The minimum absolute atomic E-state index is 0.554. The van der Waals surface area contributed by atoms with Crippen molar-refractivity contribution >= 4 is 11.4 Å². The second-order valence-electron chi connectivity index (χ2n) is 6.30. The van der Waals surface area contributed by atoms with E-state index in [0.717, 1.165) is 0 Å². The van der Waals surface area contributed by atoms with E-state index in [9.17, 15) is 0 Å². The summed E-state index contributed by atoms with van der Waals surface area (Å²) in [5.74, 6) is 3.50. The lowest BCUT2D eigenvalue weighted by Crippen LogP contribution is -1.94. The number of nitrogen functional groups attached to an aromatic ring is 2.